The van der Waals surface area contributed by atoms with E-state index in [1.54, 1.807) is 16.7 Å². The van der Waals surface area contributed by atoms with Crippen LogP contribution in [0.5, 0.6) is 0 Å². The fraction of sp³-hybridized carbons (Fsp3) is 0.406. The number of rotatable bonds is 8. The zero-order valence-corrected chi connectivity index (χ0v) is 23.6. The van der Waals surface area contributed by atoms with Crippen molar-refractivity contribution in [3.05, 3.63) is 78.4 Å². The lowest BCUT2D eigenvalue weighted by Crippen LogP contribution is -2.55. The van der Waals surface area contributed by atoms with Crippen molar-refractivity contribution in [2.75, 3.05) is 18.5 Å². The van der Waals surface area contributed by atoms with Crippen molar-refractivity contribution in [1.29, 1.82) is 0 Å². The molecule has 7 atom stereocenters. The number of anilines is 1. The Morgan fingerprint density at radius 3 is 2.50 bits per heavy atom. The van der Waals surface area contributed by atoms with Crippen molar-refractivity contribution in [1.82, 2.24) is 10.2 Å². The molecule has 3 fully saturated rings. The Morgan fingerprint density at radius 1 is 1.05 bits per heavy atom. The van der Waals surface area contributed by atoms with Gasteiger partial charge in [-0.05, 0) is 47.2 Å². The molecule has 3 unspecified atom stereocenters. The molecule has 0 radical (unpaired) electrons. The summed E-state index contributed by atoms with van der Waals surface area (Å²) in [7, 11) is 0. The molecule has 8 heteroatoms. The first kappa shape index (κ1) is 26.8. The zero-order chi connectivity index (χ0) is 28.0. The average Bonchev–Trinajstić information content (AvgIpc) is 3.56. The number of hydrogen-bond acceptors (Lipinski definition) is 5. The molecule has 0 aliphatic carbocycles. The first-order valence-corrected chi connectivity index (χ1v) is 15.0. The van der Waals surface area contributed by atoms with Crippen LogP contribution in [-0.4, -0.2) is 56.9 Å². The summed E-state index contributed by atoms with van der Waals surface area (Å²) >= 11 is 1.64. The molecule has 3 amide bonds. The van der Waals surface area contributed by atoms with E-state index in [0.29, 0.717) is 12.2 Å². The van der Waals surface area contributed by atoms with Crippen LogP contribution in [0.15, 0.2) is 72.8 Å². The van der Waals surface area contributed by atoms with Crippen molar-refractivity contribution < 1.29 is 19.5 Å². The second kappa shape index (κ2) is 10.6. The topological polar surface area (TPSA) is 98.7 Å². The number of aliphatic hydroxyl groups excluding tert-OH is 1. The highest BCUT2D eigenvalue weighted by Crippen LogP contribution is 2.69. The summed E-state index contributed by atoms with van der Waals surface area (Å²) < 4.78 is -0.765. The molecule has 40 heavy (non-hydrogen) atoms. The Hall–Kier alpha value is -3.36. The van der Waals surface area contributed by atoms with E-state index in [0.717, 1.165) is 29.2 Å². The molecule has 3 N–H and O–H groups in total. The van der Waals surface area contributed by atoms with Crippen LogP contribution in [0.1, 0.15) is 38.3 Å². The van der Waals surface area contributed by atoms with E-state index in [9.17, 15) is 19.5 Å². The first-order chi connectivity index (χ1) is 19.4. The molecule has 2 bridgehead atoms. The molecule has 208 valence electrons. The maximum Gasteiger partial charge on any atom is 0.248 e. The van der Waals surface area contributed by atoms with E-state index in [1.165, 1.54) is 0 Å². The highest BCUT2D eigenvalue weighted by molar-refractivity contribution is 8.02. The van der Waals surface area contributed by atoms with Crippen LogP contribution in [0.2, 0.25) is 0 Å². The summed E-state index contributed by atoms with van der Waals surface area (Å²) in [5, 5.41) is 18.8. The molecule has 3 aromatic carbocycles. The number of thioether (sulfide) groups is 1. The van der Waals surface area contributed by atoms with Crippen molar-refractivity contribution in [3.8, 4) is 0 Å². The summed E-state index contributed by atoms with van der Waals surface area (Å²) in [5.74, 6) is -1.71. The maximum atomic E-state index is 14.5. The molecule has 3 aromatic rings. The van der Waals surface area contributed by atoms with Crippen molar-refractivity contribution in [2.24, 2.45) is 17.8 Å². The molecule has 3 saturated heterocycles. The summed E-state index contributed by atoms with van der Waals surface area (Å²) in [5.41, 5.74) is 1.41. The van der Waals surface area contributed by atoms with E-state index in [-0.39, 0.29) is 35.5 Å². The summed E-state index contributed by atoms with van der Waals surface area (Å²) in [6, 6.07) is 21.6. The first-order valence-electron chi connectivity index (χ1n) is 14.1. The Morgan fingerprint density at radius 2 is 1.77 bits per heavy atom. The lowest BCUT2D eigenvalue weighted by molar-refractivity contribution is -0.142. The van der Waals surface area contributed by atoms with Crippen LogP contribution in [0, 0.1) is 17.8 Å². The van der Waals surface area contributed by atoms with Gasteiger partial charge in [0.1, 0.15) is 6.04 Å². The fourth-order valence-electron chi connectivity index (χ4n) is 7.27. The molecular weight excluding hydrogens is 522 g/mol. The smallest absolute Gasteiger partial charge is 0.248 e. The molecule has 3 aliphatic heterocycles. The van der Waals surface area contributed by atoms with E-state index in [1.807, 2.05) is 79.7 Å². The van der Waals surface area contributed by atoms with Gasteiger partial charge in [-0.1, -0.05) is 74.5 Å². The molecule has 0 aromatic heterocycles. The van der Waals surface area contributed by atoms with Gasteiger partial charge in [0.25, 0.3) is 0 Å². The van der Waals surface area contributed by atoms with Crippen LogP contribution in [0.3, 0.4) is 0 Å². The zero-order valence-electron chi connectivity index (χ0n) is 22.7. The highest BCUT2D eigenvalue weighted by atomic mass is 32.2. The summed E-state index contributed by atoms with van der Waals surface area (Å²) in [6.45, 7) is 4.33. The molecule has 1 spiro atoms. The number of carbonyl (C=O) groups is 3. The molecule has 7 nitrogen and oxygen atoms in total. The quantitative estimate of drug-likeness (QED) is 0.382. The van der Waals surface area contributed by atoms with Gasteiger partial charge in [-0.25, -0.2) is 0 Å². The van der Waals surface area contributed by atoms with Crippen LogP contribution in [-0.2, 0) is 14.4 Å². The lowest BCUT2D eigenvalue weighted by atomic mass is 9.66. The molecule has 6 rings (SSSR count). The minimum absolute atomic E-state index is 0.0248. The molecule has 3 aliphatic rings. The number of hydrogen-bond donors (Lipinski definition) is 3. The third kappa shape index (κ3) is 4.11. The number of aliphatic hydroxyl groups is 1. The Kier molecular flexibility index (Phi) is 7.09. The summed E-state index contributed by atoms with van der Waals surface area (Å²) in [6.07, 6.45) is 1.57. The van der Waals surface area contributed by atoms with Gasteiger partial charge in [-0.2, -0.15) is 0 Å². The SMILES string of the molecule is CCCNC(=O)[C@@H]1[C@H]2C(=O)N([C@H](CO)c3ccccc3)C(C(=O)Nc3ccc4ccccc4c3)C23S[C@@H]1CC3C. The van der Waals surface area contributed by atoms with Crippen LogP contribution in [0.4, 0.5) is 5.69 Å². The number of carbonyl (C=O) groups excluding carboxylic acids is 3. The standard InChI is InChI=1S/C32H35N3O4S/c1-3-15-33-29(37)26-25-16-19(2)32(40-25)27(26)31(39)35(24(18-36)21-10-5-4-6-11-21)28(32)30(38)34-23-14-13-20-9-7-8-12-22(20)17-23/h4-14,17,19,24-28,36H,3,15-16,18H2,1-2H3,(H,33,37)(H,34,38)/t19?,24-,25-,26+,27+,28?,32?/m1/s1. The largest absolute Gasteiger partial charge is 0.394 e. The van der Waals surface area contributed by atoms with Gasteiger partial charge < -0.3 is 20.6 Å². The van der Waals surface area contributed by atoms with Crippen molar-refractivity contribution in [3.63, 3.8) is 0 Å². The predicted octanol–water partition coefficient (Wildman–Crippen LogP) is 4.38. The minimum Gasteiger partial charge on any atom is -0.394 e. The maximum absolute atomic E-state index is 14.5. The third-order valence-corrected chi connectivity index (χ3v) is 11.1. The lowest BCUT2D eigenvalue weighted by Gasteiger charge is -2.40. The molecule has 0 saturated carbocycles. The predicted molar refractivity (Wildman–Crippen MR) is 158 cm³/mol. The Balaban J connectivity index is 1.43. The second-order valence-corrected chi connectivity index (χ2v) is 12.8. The number of amides is 3. The molecular formula is C32H35N3O4S. The van der Waals surface area contributed by atoms with Gasteiger partial charge in [-0.3, -0.25) is 14.4 Å². The normalized spacial score (nSPS) is 29.4. The van der Waals surface area contributed by atoms with Crippen LogP contribution >= 0.6 is 11.8 Å². The van der Waals surface area contributed by atoms with E-state index >= 15 is 0 Å². The van der Waals surface area contributed by atoms with E-state index < -0.39 is 28.7 Å². The third-order valence-electron chi connectivity index (χ3n) is 8.99. The Labute approximate surface area is 238 Å². The number of fused-ring (bicyclic) bond motifs is 2. The second-order valence-electron chi connectivity index (χ2n) is 11.2. The number of nitrogens with zero attached hydrogens (tertiary/aromatic N) is 1. The number of likely N-dealkylation sites (tertiary alicyclic amines) is 1. The van der Waals surface area contributed by atoms with Gasteiger partial charge in [0.2, 0.25) is 17.7 Å². The minimum atomic E-state index is -0.845. The fourth-order valence-corrected chi connectivity index (χ4v) is 9.68. The summed E-state index contributed by atoms with van der Waals surface area (Å²) in [4.78, 5) is 43.9. The van der Waals surface area contributed by atoms with Gasteiger partial charge >= 0.3 is 0 Å². The van der Waals surface area contributed by atoms with Gasteiger partial charge in [-0.15, -0.1) is 11.8 Å². The van der Waals surface area contributed by atoms with E-state index in [2.05, 4.69) is 17.6 Å². The molecule has 3 heterocycles. The van der Waals surface area contributed by atoms with Gasteiger partial charge in [0.05, 0.1) is 29.2 Å². The average molecular weight is 558 g/mol. The highest BCUT2D eigenvalue weighted by Gasteiger charge is 2.76. The van der Waals surface area contributed by atoms with Gasteiger partial charge in [0, 0.05) is 17.5 Å². The van der Waals surface area contributed by atoms with Crippen molar-refractivity contribution in [2.45, 2.75) is 48.8 Å². The Bertz CT molecular complexity index is 1450. The monoisotopic (exact) mass is 557 g/mol. The number of benzene rings is 3. The van der Waals surface area contributed by atoms with Crippen LogP contribution < -0.4 is 10.6 Å². The van der Waals surface area contributed by atoms with Crippen LogP contribution in [0.25, 0.3) is 10.8 Å². The number of nitrogens with one attached hydrogen (secondary N) is 2. The van der Waals surface area contributed by atoms with E-state index in [4.69, 9.17) is 0 Å². The van der Waals surface area contributed by atoms with Gasteiger partial charge in [0.15, 0.2) is 0 Å². The van der Waals surface area contributed by atoms with Crippen molar-refractivity contribution >= 4 is 45.9 Å².